The van der Waals surface area contributed by atoms with Gasteiger partial charge in [-0.25, -0.2) is 13.8 Å². The SMILES string of the molecule is Cc1cc(-n2c(=O)cc(Cl)[nH]c2=O)ccc1F. The third kappa shape index (κ3) is 2.14. The number of hydrogen-bond acceptors (Lipinski definition) is 2. The molecule has 4 nitrogen and oxygen atoms in total. The zero-order valence-corrected chi connectivity index (χ0v) is 9.58. The summed E-state index contributed by atoms with van der Waals surface area (Å²) in [6.45, 7) is 1.55. The summed E-state index contributed by atoms with van der Waals surface area (Å²) in [5.41, 5.74) is -0.575. The van der Waals surface area contributed by atoms with Gasteiger partial charge < -0.3 is 0 Å². The van der Waals surface area contributed by atoms with Crippen molar-refractivity contribution < 1.29 is 4.39 Å². The number of benzene rings is 1. The van der Waals surface area contributed by atoms with Crippen molar-refractivity contribution in [2.24, 2.45) is 0 Å². The average molecular weight is 255 g/mol. The summed E-state index contributed by atoms with van der Waals surface area (Å²) in [7, 11) is 0. The number of aromatic amines is 1. The van der Waals surface area contributed by atoms with E-state index in [1.165, 1.54) is 18.2 Å². The number of aromatic nitrogens is 2. The lowest BCUT2D eigenvalue weighted by Gasteiger charge is -2.05. The first-order chi connectivity index (χ1) is 7.99. The topological polar surface area (TPSA) is 54.9 Å². The third-order valence-electron chi connectivity index (χ3n) is 2.30. The van der Waals surface area contributed by atoms with E-state index in [1.807, 2.05) is 0 Å². The van der Waals surface area contributed by atoms with Gasteiger partial charge in [0.15, 0.2) is 0 Å². The van der Waals surface area contributed by atoms with Crippen LogP contribution in [-0.2, 0) is 0 Å². The van der Waals surface area contributed by atoms with Crippen LogP contribution in [0.4, 0.5) is 4.39 Å². The molecule has 0 amide bonds. The Balaban J connectivity index is 2.73. The largest absolute Gasteiger partial charge is 0.334 e. The fourth-order valence-electron chi connectivity index (χ4n) is 1.48. The molecule has 0 spiro atoms. The highest BCUT2D eigenvalue weighted by Gasteiger charge is 2.07. The minimum Gasteiger partial charge on any atom is -0.297 e. The molecule has 17 heavy (non-hydrogen) atoms. The van der Waals surface area contributed by atoms with Gasteiger partial charge in [-0.3, -0.25) is 9.78 Å². The molecule has 1 N–H and O–H groups in total. The summed E-state index contributed by atoms with van der Waals surface area (Å²) in [5, 5.41) is -0.0323. The molecule has 0 atom stereocenters. The fraction of sp³-hybridized carbons (Fsp3) is 0.0909. The van der Waals surface area contributed by atoms with Gasteiger partial charge in [-0.05, 0) is 30.7 Å². The predicted molar refractivity (Wildman–Crippen MR) is 62.4 cm³/mol. The second kappa shape index (κ2) is 4.18. The number of aryl methyl sites for hydroxylation is 1. The van der Waals surface area contributed by atoms with Gasteiger partial charge in [0, 0.05) is 6.07 Å². The van der Waals surface area contributed by atoms with E-state index in [0.29, 0.717) is 11.3 Å². The highest BCUT2D eigenvalue weighted by molar-refractivity contribution is 6.29. The molecule has 1 aromatic heterocycles. The quantitative estimate of drug-likeness (QED) is 0.787. The molecule has 0 bridgehead atoms. The van der Waals surface area contributed by atoms with Crippen molar-refractivity contribution in [2.45, 2.75) is 6.92 Å². The first kappa shape index (κ1) is 11.6. The molecular formula is C11H8ClFN2O2. The van der Waals surface area contributed by atoms with Gasteiger partial charge in [0.05, 0.1) is 5.69 Å². The van der Waals surface area contributed by atoms with Gasteiger partial charge in [-0.15, -0.1) is 0 Å². The zero-order chi connectivity index (χ0) is 12.6. The Hall–Kier alpha value is -1.88. The van der Waals surface area contributed by atoms with Gasteiger partial charge >= 0.3 is 5.69 Å². The zero-order valence-electron chi connectivity index (χ0n) is 8.83. The van der Waals surface area contributed by atoms with Crippen molar-refractivity contribution in [3.63, 3.8) is 0 Å². The monoisotopic (exact) mass is 254 g/mol. The summed E-state index contributed by atoms with van der Waals surface area (Å²) in [5.74, 6) is -0.396. The number of H-pyrrole nitrogens is 1. The number of rotatable bonds is 1. The molecule has 1 aromatic carbocycles. The van der Waals surface area contributed by atoms with Crippen molar-refractivity contribution in [2.75, 3.05) is 0 Å². The highest BCUT2D eigenvalue weighted by Crippen LogP contribution is 2.10. The lowest BCUT2D eigenvalue weighted by atomic mass is 10.2. The maximum Gasteiger partial charge on any atom is 0.334 e. The molecule has 6 heteroatoms. The Labute approximate surface area is 100 Å². The Morgan fingerprint density at radius 1 is 1.29 bits per heavy atom. The van der Waals surface area contributed by atoms with Crippen LogP contribution in [0.1, 0.15) is 5.56 Å². The van der Waals surface area contributed by atoms with Gasteiger partial charge in [0.25, 0.3) is 5.56 Å². The number of nitrogens with zero attached hydrogens (tertiary/aromatic N) is 1. The van der Waals surface area contributed by atoms with Crippen molar-refractivity contribution in [1.82, 2.24) is 9.55 Å². The van der Waals surface area contributed by atoms with E-state index in [1.54, 1.807) is 6.92 Å². The molecule has 88 valence electrons. The van der Waals surface area contributed by atoms with Crippen molar-refractivity contribution in [1.29, 1.82) is 0 Å². The maximum atomic E-state index is 13.1. The average Bonchev–Trinajstić information content (AvgIpc) is 2.21. The number of hydrogen-bond donors (Lipinski definition) is 1. The fourth-order valence-corrected chi connectivity index (χ4v) is 1.65. The van der Waals surface area contributed by atoms with Crippen molar-refractivity contribution >= 4 is 11.6 Å². The van der Waals surface area contributed by atoms with Crippen LogP contribution in [0.25, 0.3) is 5.69 Å². The van der Waals surface area contributed by atoms with Gasteiger partial charge in [-0.1, -0.05) is 11.6 Å². The van der Waals surface area contributed by atoms with Crippen LogP contribution in [-0.4, -0.2) is 9.55 Å². The summed E-state index contributed by atoms with van der Waals surface area (Å²) < 4.78 is 14.0. The molecule has 0 radical (unpaired) electrons. The van der Waals surface area contributed by atoms with E-state index < -0.39 is 17.1 Å². The third-order valence-corrected chi connectivity index (χ3v) is 2.50. The molecule has 0 unspecified atom stereocenters. The summed E-state index contributed by atoms with van der Waals surface area (Å²) in [6, 6.07) is 5.06. The smallest absolute Gasteiger partial charge is 0.297 e. The minimum absolute atomic E-state index is 0.0323. The van der Waals surface area contributed by atoms with E-state index >= 15 is 0 Å². The first-order valence-corrected chi connectivity index (χ1v) is 5.15. The van der Waals surface area contributed by atoms with Crippen LogP contribution >= 0.6 is 11.6 Å². The Morgan fingerprint density at radius 2 is 2.00 bits per heavy atom. The Morgan fingerprint density at radius 3 is 2.59 bits per heavy atom. The Bertz CT molecular complexity index is 659. The lowest BCUT2D eigenvalue weighted by Crippen LogP contribution is -2.32. The summed E-state index contributed by atoms with van der Waals surface area (Å²) in [6.07, 6.45) is 0. The van der Waals surface area contributed by atoms with Crippen LogP contribution < -0.4 is 11.2 Å². The molecule has 0 saturated heterocycles. The number of halogens is 2. The molecule has 1 heterocycles. The molecule has 0 fully saturated rings. The molecular weight excluding hydrogens is 247 g/mol. The van der Waals surface area contributed by atoms with Gasteiger partial charge in [0.1, 0.15) is 11.0 Å². The predicted octanol–water partition coefficient (Wildman–Crippen LogP) is 1.63. The maximum absolute atomic E-state index is 13.1. The van der Waals surface area contributed by atoms with Crippen molar-refractivity contribution in [3.05, 3.63) is 61.6 Å². The molecule has 2 aromatic rings. The van der Waals surface area contributed by atoms with E-state index in [0.717, 1.165) is 10.6 Å². The molecule has 0 saturated carbocycles. The summed E-state index contributed by atoms with van der Waals surface area (Å²) >= 11 is 5.54. The molecule has 0 aliphatic heterocycles. The van der Waals surface area contributed by atoms with E-state index in [-0.39, 0.29) is 5.15 Å². The van der Waals surface area contributed by atoms with Crippen LogP contribution in [0.3, 0.4) is 0 Å². The minimum atomic E-state index is -0.659. The Kier molecular flexibility index (Phi) is 2.85. The van der Waals surface area contributed by atoms with Crippen molar-refractivity contribution in [3.8, 4) is 5.69 Å². The van der Waals surface area contributed by atoms with Crippen LogP contribution in [0.15, 0.2) is 33.9 Å². The summed E-state index contributed by atoms with van der Waals surface area (Å²) in [4.78, 5) is 25.5. The molecule has 2 rings (SSSR count). The van der Waals surface area contributed by atoms with Crippen LogP contribution in [0.2, 0.25) is 5.15 Å². The standard InChI is InChI=1S/C11H8ClFN2O2/c1-6-4-7(2-3-8(6)13)15-10(16)5-9(12)14-11(15)17/h2-5H,1H3,(H,14,17). The highest BCUT2D eigenvalue weighted by atomic mass is 35.5. The van der Waals surface area contributed by atoms with Gasteiger partial charge in [0.2, 0.25) is 0 Å². The first-order valence-electron chi connectivity index (χ1n) is 4.77. The van der Waals surface area contributed by atoms with E-state index in [9.17, 15) is 14.0 Å². The van der Waals surface area contributed by atoms with E-state index in [2.05, 4.69) is 4.98 Å². The second-order valence-corrected chi connectivity index (χ2v) is 3.94. The number of nitrogens with one attached hydrogen (secondary N) is 1. The second-order valence-electron chi connectivity index (χ2n) is 3.53. The lowest BCUT2D eigenvalue weighted by molar-refractivity contribution is 0.617. The molecule has 0 aliphatic rings. The van der Waals surface area contributed by atoms with Crippen LogP contribution in [0, 0.1) is 12.7 Å². The van der Waals surface area contributed by atoms with Crippen LogP contribution in [0.5, 0.6) is 0 Å². The normalized spacial score (nSPS) is 10.5. The van der Waals surface area contributed by atoms with Gasteiger partial charge in [-0.2, -0.15) is 0 Å². The molecule has 0 aliphatic carbocycles. The van der Waals surface area contributed by atoms with E-state index in [4.69, 9.17) is 11.6 Å².